The molecule has 0 unspecified atom stereocenters. The van der Waals surface area contributed by atoms with Crippen LogP contribution < -0.4 is 10.1 Å². The van der Waals surface area contributed by atoms with Gasteiger partial charge in [-0.05, 0) is 31.0 Å². The van der Waals surface area contributed by atoms with Gasteiger partial charge >= 0.3 is 0 Å². The highest BCUT2D eigenvalue weighted by Gasteiger charge is 2.21. The summed E-state index contributed by atoms with van der Waals surface area (Å²) in [5, 5.41) is 2.85. The molecule has 2 rings (SSSR count). The Morgan fingerprint density at radius 2 is 2.05 bits per heavy atom. The number of rotatable bonds is 4. The molecule has 0 bridgehead atoms. The summed E-state index contributed by atoms with van der Waals surface area (Å²) in [5.41, 5.74) is 0.144. The van der Waals surface area contributed by atoms with Crippen molar-refractivity contribution in [3.63, 3.8) is 0 Å². The van der Waals surface area contributed by atoms with E-state index >= 15 is 0 Å². The molecule has 1 aliphatic rings. The van der Waals surface area contributed by atoms with E-state index in [4.69, 9.17) is 20.2 Å². The van der Waals surface area contributed by atoms with E-state index in [0.29, 0.717) is 19.0 Å². The number of hydrogen-bond acceptors (Lipinski definition) is 5. The van der Waals surface area contributed by atoms with Gasteiger partial charge in [0.05, 0.1) is 17.6 Å². The number of halogens is 1. The molecule has 0 aromatic heterocycles. The first-order valence-corrected chi connectivity index (χ1v) is 8.74. The quantitative estimate of drug-likeness (QED) is 0.845. The van der Waals surface area contributed by atoms with Crippen LogP contribution in [-0.2, 0) is 13.8 Å². The molecular formula is C13H16ClNO5S. The third-order valence-corrected chi connectivity index (χ3v) is 4.61. The van der Waals surface area contributed by atoms with Crippen molar-refractivity contribution in [3.8, 4) is 5.75 Å². The monoisotopic (exact) mass is 333 g/mol. The standard InChI is InChI=1S/C13H16ClNO5S/c1-19-12-3-2-10(21(14,17)18)8-11(12)13(16)15-9-4-6-20-7-5-9/h2-3,8-9H,4-7H2,1H3,(H,15,16). The van der Waals surface area contributed by atoms with Crippen molar-refractivity contribution in [1.82, 2.24) is 5.32 Å². The third kappa shape index (κ3) is 4.09. The zero-order valence-corrected chi connectivity index (χ0v) is 13.0. The Bertz CT molecular complexity index is 625. The molecule has 1 amide bonds. The smallest absolute Gasteiger partial charge is 0.261 e. The Labute approximate surface area is 127 Å². The average molecular weight is 334 g/mol. The minimum atomic E-state index is -3.90. The van der Waals surface area contributed by atoms with Crippen LogP contribution in [0, 0.1) is 0 Å². The molecule has 1 N–H and O–H groups in total. The lowest BCUT2D eigenvalue weighted by Crippen LogP contribution is -2.39. The van der Waals surface area contributed by atoms with Gasteiger partial charge in [-0.25, -0.2) is 8.42 Å². The van der Waals surface area contributed by atoms with Crippen LogP contribution in [0.15, 0.2) is 23.1 Å². The van der Waals surface area contributed by atoms with Gasteiger partial charge in [0.25, 0.3) is 15.0 Å². The SMILES string of the molecule is COc1ccc(S(=O)(=O)Cl)cc1C(=O)NC1CCOCC1. The van der Waals surface area contributed by atoms with Crippen molar-refractivity contribution >= 4 is 25.6 Å². The van der Waals surface area contributed by atoms with E-state index in [9.17, 15) is 13.2 Å². The van der Waals surface area contributed by atoms with E-state index in [2.05, 4.69) is 5.32 Å². The molecule has 1 fully saturated rings. The minimum absolute atomic E-state index is 0.00669. The Hall–Kier alpha value is -1.31. The number of hydrogen-bond donors (Lipinski definition) is 1. The molecule has 1 aromatic carbocycles. The highest BCUT2D eigenvalue weighted by molar-refractivity contribution is 8.13. The molecule has 116 valence electrons. The van der Waals surface area contributed by atoms with Crippen molar-refractivity contribution in [2.24, 2.45) is 0 Å². The number of carbonyl (C=O) groups excluding carboxylic acids is 1. The Kier molecular flexibility index (Phi) is 5.08. The van der Waals surface area contributed by atoms with Crippen LogP contribution in [0.3, 0.4) is 0 Å². The van der Waals surface area contributed by atoms with Crippen LogP contribution >= 0.6 is 10.7 Å². The number of benzene rings is 1. The summed E-state index contributed by atoms with van der Waals surface area (Å²) in [6.45, 7) is 1.19. The van der Waals surface area contributed by atoms with E-state index < -0.39 is 9.05 Å². The number of amides is 1. The molecule has 1 heterocycles. The predicted molar refractivity (Wildman–Crippen MR) is 77.3 cm³/mol. The predicted octanol–water partition coefficient (Wildman–Crippen LogP) is 1.53. The van der Waals surface area contributed by atoms with Crippen molar-refractivity contribution in [2.75, 3.05) is 20.3 Å². The van der Waals surface area contributed by atoms with E-state index in [1.54, 1.807) is 0 Å². The summed E-state index contributed by atoms with van der Waals surface area (Å²) in [6, 6.07) is 3.93. The molecule has 21 heavy (non-hydrogen) atoms. The summed E-state index contributed by atoms with van der Waals surface area (Å²) < 4.78 is 33.1. The van der Waals surface area contributed by atoms with Crippen LogP contribution in [0.2, 0.25) is 0 Å². The molecule has 1 aliphatic heterocycles. The van der Waals surface area contributed by atoms with Crippen LogP contribution in [-0.4, -0.2) is 40.7 Å². The lowest BCUT2D eigenvalue weighted by Gasteiger charge is -2.23. The first-order chi connectivity index (χ1) is 9.91. The van der Waals surface area contributed by atoms with E-state index in [1.807, 2.05) is 0 Å². The Balaban J connectivity index is 2.25. The average Bonchev–Trinajstić information content (AvgIpc) is 2.46. The highest BCUT2D eigenvalue weighted by atomic mass is 35.7. The normalized spacial score (nSPS) is 16.5. The van der Waals surface area contributed by atoms with Crippen LogP contribution in [0.25, 0.3) is 0 Å². The third-order valence-electron chi connectivity index (χ3n) is 3.25. The van der Waals surface area contributed by atoms with Crippen LogP contribution in [0.4, 0.5) is 0 Å². The van der Waals surface area contributed by atoms with Crippen LogP contribution in [0.5, 0.6) is 5.75 Å². The molecule has 0 spiro atoms. The molecule has 6 nitrogen and oxygen atoms in total. The second-order valence-corrected chi connectivity index (χ2v) is 7.23. The molecule has 1 aromatic rings. The molecule has 8 heteroatoms. The van der Waals surface area contributed by atoms with Gasteiger partial charge < -0.3 is 14.8 Å². The van der Waals surface area contributed by atoms with Crippen molar-refractivity contribution in [1.29, 1.82) is 0 Å². The molecule has 0 atom stereocenters. The highest BCUT2D eigenvalue weighted by Crippen LogP contribution is 2.24. The topological polar surface area (TPSA) is 81.7 Å². The summed E-state index contributed by atoms with van der Waals surface area (Å²) in [4.78, 5) is 12.2. The van der Waals surface area contributed by atoms with Gasteiger partial charge in [-0.15, -0.1) is 0 Å². The number of methoxy groups -OCH3 is 1. The maximum Gasteiger partial charge on any atom is 0.261 e. The first kappa shape index (κ1) is 16.1. The number of nitrogens with one attached hydrogen (secondary N) is 1. The summed E-state index contributed by atoms with van der Waals surface area (Å²) >= 11 is 0. The number of ether oxygens (including phenoxy) is 2. The molecule has 0 saturated carbocycles. The van der Waals surface area contributed by atoms with Gasteiger partial charge in [0.2, 0.25) is 0 Å². The van der Waals surface area contributed by atoms with Gasteiger partial charge in [-0.1, -0.05) is 0 Å². The van der Waals surface area contributed by atoms with Gasteiger partial charge in [0.15, 0.2) is 0 Å². The van der Waals surface area contributed by atoms with Crippen molar-refractivity contribution in [3.05, 3.63) is 23.8 Å². The van der Waals surface area contributed by atoms with Crippen molar-refractivity contribution in [2.45, 2.75) is 23.8 Å². The van der Waals surface area contributed by atoms with E-state index in [0.717, 1.165) is 12.8 Å². The lowest BCUT2D eigenvalue weighted by atomic mass is 10.1. The molecule has 0 aliphatic carbocycles. The largest absolute Gasteiger partial charge is 0.496 e. The van der Waals surface area contributed by atoms with Gasteiger partial charge in [-0.3, -0.25) is 4.79 Å². The minimum Gasteiger partial charge on any atom is -0.496 e. The fraction of sp³-hybridized carbons (Fsp3) is 0.462. The Morgan fingerprint density at radius 1 is 1.38 bits per heavy atom. The Morgan fingerprint density at radius 3 is 2.62 bits per heavy atom. The summed E-state index contributed by atoms with van der Waals surface area (Å²) in [7, 11) is 2.82. The summed E-state index contributed by atoms with van der Waals surface area (Å²) in [6.07, 6.45) is 1.45. The molecular weight excluding hydrogens is 318 g/mol. The van der Waals surface area contributed by atoms with Gasteiger partial charge in [0.1, 0.15) is 5.75 Å². The lowest BCUT2D eigenvalue weighted by molar-refractivity contribution is 0.0695. The fourth-order valence-corrected chi connectivity index (χ4v) is 2.90. The number of carbonyl (C=O) groups is 1. The zero-order chi connectivity index (χ0) is 15.5. The van der Waals surface area contributed by atoms with Crippen molar-refractivity contribution < 1.29 is 22.7 Å². The maximum absolute atomic E-state index is 12.3. The van der Waals surface area contributed by atoms with E-state index in [1.165, 1.54) is 25.3 Å². The second-order valence-electron chi connectivity index (χ2n) is 4.66. The molecule has 0 radical (unpaired) electrons. The van der Waals surface area contributed by atoms with Gasteiger partial charge in [0, 0.05) is 29.9 Å². The zero-order valence-electron chi connectivity index (χ0n) is 11.5. The van der Waals surface area contributed by atoms with Gasteiger partial charge in [-0.2, -0.15) is 0 Å². The van der Waals surface area contributed by atoms with E-state index in [-0.39, 0.29) is 22.4 Å². The summed E-state index contributed by atoms with van der Waals surface area (Å²) in [5.74, 6) is -0.0930. The second kappa shape index (κ2) is 6.64. The first-order valence-electron chi connectivity index (χ1n) is 6.43. The fourth-order valence-electron chi connectivity index (χ4n) is 2.12. The van der Waals surface area contributed by atoms with Crippen LogP contribution in [0.1, 0.15) is 23.2 Å². The maximum atomic E-state index is 12.3. The molecule has 1 saturated heterocycles.